The number of imide groups is 1. The van der Waals surface area contributed by atoms with Gasteiger partial charge in [-0.2, -0.15) is 0 Å². The molecule has 3 rings (SSSR count). The molecule has 25 heavy (non-hydrogen) atoms. The summed E-state index contributed by atoms with van der Waals surface area (Å²) in [5.74, 6) is -1.28. The largest absolute Gasteiger partial charge is 0.325 e. The Hall–Kier alpha value is -2.15. The van der Waals surface area contributed by atoms with E-state index in [2.05, 4.69) is 10.6 Å². The minimum absolute atomic E-state index is 0.0115. The molecule has 1 aromatic rings. The number of hydrogen-bond acceptors (Lipinski definition) is 3. The van der Waals surface area contributed by atoms with Crippen LogP contribution in [0.5, 0.6) is 0 Å². The molecule has 1 saturated carbocycles. The van der Waals surface area contributed by atoms with Gasteiger partial charge in [-0.05, 0) is 31.4 Å². The van der Waals surface area contributed by atoms with E-state index in [1.54, 1.807) is 0 Å². The first-order valence-corrected chi connectivity index (χ1v) is 8.69. The van der Waals surface area contributed by atoms with Crippen LogP contribution in [0.15, 0.2) is 18.2 Å². The molecular formula is C17H19ClFN3O3. The van der Waals surface area contributed by atoms with Gasteiger partial charge in [-0.1, -0.05) is 30.5 Å². The third-order valence-electron chi connectivity index (χ3n) is 4.71. The Morgan fingerprint density at radius 3 is 2.76 bits per heavy atom. The summed E-state index contributed by atoms with van der Waals surface area (Å²) in [7, 11) is 0. The van der Waals surface area contributed by atoms with Gasteiger partial charge >= 0.3 is 6.03 Å². The van der Waals surface area contributed by atoms with Crippen molar-refractivity contribution in [3.8, 4) is 0 Å². The summed E-state index contributed by atoms with van der Waals surface area (Å²) in [6.07, 6.45) is 3.56. The molecule has 0 unspecified atom stereocenters. The van der Waals surface area contributed by atoms with Crippen LogP contribution in [0.4, 0.5) is 14.9 Å². The number of urea groups is 1. The van der Waals surface area contributed by atoms with Crippen molar-refractivity contribution in [1.29, 1.82) is 0 Å². The number of anilines is 1. The predicted octanol–water partition coefficient (Wildman–Crippen LogP) is 3.06. The van der Waals surface area contributed by atoms with E-state index in [0.29, 0.717) is 19.3 Å². The summed E-state index contributed by atoms with van der Waals surface area (Å²) in [5, 5.41) is 5.17. The lowest BCUT2D eigenvalue weighted by Crippen LogP contribution is -2.44. The van der Waals surface area contributed by atoms with Crippen LogP contribution in [0.3, 0.4) is 0 Å². The van der Waals surface area contributed by atoms with Crippen LogP contribution in [-0.2, 0) is 9.59 Å². The minimum Gasteiger partial charge on any atom is -0.324 e. The van der Waals surface area contributed by atoms with Gasteiger partial charge in [0.25, 0.3) is 5.91 Å². The molecule has 1 saturated heterocycles. The molecule has 2 fully saturated rings. The van der Waals surface area contributed by atoms with Crippen LogP contribution >= 0.6 is 11.6 Å². The van der Waals surface area contributed by atoms with Crippen molar-refractivity contribution < 1.29 is 18.8 Å². The number of nitrogens with one attached hydrogen (secondary N) is 2. The van der Waals surface area contributed by atoms with Gasteiger partial charge in [0.2, 0.25) is 5.91 Å². The molecule has 1 aliphatic carbocycles. The average molecular weight is 368 g/mol. The molecule has 0 atom stereocenters. The Balaban J connectivity index is 1.51. The third-order valence-corrected chi connectivity index (χ3v) is 5.01. The first-order chi connectivity index (χ1) is 11.9. The zero-order chi connectivity index (χ0) is 18.0. The van der Waals surface area contributed by atoms with Gasteiger partial charge in [-0.25, -0.2) is 9.18 Å². The molecule has 0 radical (unpaired) electrons. The predicted molar refractivity (Wildman–Crippen MR) is 90.7 cm³/mol. The Morgan fingerprint density at radius 2 is 2.04 bits per heavy atom. The Bertz CT molecular complexity index is 719. The van der Waals surface area contributed by atoms with E-state index in [1.807, 2.05) is 0 Å². The highest BCUT2D eigenvalue weighted by Crippen LogP contribution is 2.35. The molecule has 1 heterocycles. The quantitative estimate of drug-likeness (QED) is 0.785. The normalized spacial score (nSPS) is 18.7. The van der Waals surface area contributed by atoms with Crippen molar-refractivity contribution >= 4 is 35.1 Å². The van der Waals surface area contributed by atoms with Crippen molar-refractivity contribution in [3.05, 3.63) is 29.0 Å². The first kappa shape index (κ1) is 17.7. The SMILES string of the molecule is O=C(CCCN1C(=O)NC2(CCCC2)C1=O)Nc1cccc(Cl)c1F. The summed E-state index contributed by atoms with van der Waals surface area (Å²) in [6, 6.07) is 3.95. The highest BCUT2D eigenvalue weighted by atomic mass is 35.5. The fourth-order valence-corrected chi connectivity index (χ4v) is 3.58. The van der Waals surface area contributed by atoms with E-state index in [0.717, 1.165) is 12.8 Å². The fourth-order valence-electron chi connectivity index (χ4n) is 3.41. The van der Waals surface area contributed by atoms with Crippen molar-refractivity contribution in [2.45, 2.75) is 44.1 Å². The van der Waals surface area contributed by atoms with Crippen LogP contribution < -0.4 is 10.6 Å². The lowest BCUT2D eigenvalue weighted by Gasteiger charge is -2.19. The van der Waals surface area contributed by atoms with E-state index in [1.165, 1.54) is 23.1 Å². The maximum atomic E-state index is 13.7. The minimum atomic E-state index is -0.733. The van der Waals surface area contributed by atoms with Gasteiger partial charge in [0.1, 0.15) is 5.54 Å². The smallest absolute Gasteiger partial charge is 0.324 e. The van der Waals surface area contributed by atoms with Crippen molar-refractivity contribution in [3.63, 3.8) is 0 Å². The number of rotatable bonds is 5. The molecule has 4 amide bonds. The van der Waals surface area contributed by atoms with Gasteiger partial charge < -0.3 is 10.6 Å². The number of nitrogens with zero attached hydrogens (tertiary/aromatic N) is 1. The highest BCUT2D eigenvalue weighted by molar-refractivity contribution is 6.31. The molecule has 2 N–H and O–H groups in total. The fraction of sp³-hybridized carbons (Fsp3) is 0.471. The van der Waals surface area contributed by atoms with Gasteiger partial charge in [0, 0.05) is 13.0 Å². The van der Waals surface area contributed by atoms with Crippen LogP contribution in [0, 0.1) is 5.82 Å². The summed E-state index contributed by atoms with van der Waals surface area (Å²) in [5.41, 5.74) is -0.721. The number of amides is 4. The Morgan fingerprint density at radius 1 is 1.32 bits per heavy atom. The topological polar surface area (TPSA) is 78.5 Å². The van der Waals surface area contributed by atoms with Crippen LogP contribution in [0.1, 0.15) is 38.5 Å². The van der Waals surface area contributed by atoms with Gasteiger partial charge in [-0.3, -0.25) is 14.5 Å². The van der Waals surface area contributed by atoms with Crippen molar-refractivity contribution in [1.82, 2.24) is 10.2 Å². The number of hydrogen-bond donors (Lipinski definition) is 2. The van der Waals surface area contributed by atoms with Crippen LogP contribution in [-0.4, -0.2) is 34.8 Å². The van der Waals surface area contributed by atoms with Crippen LogP contribution in [0.25, 0.3) is 0 Å². The van der Waals surface area contributed by atoms with Gasteiger partial charge in [0.05, 0.1) is 10.7 Å². The molecule has 6 nitrogen and oxygen atoms in total. The maximum Gasteiger partial charge on any atom is 0.325 e. The lowest BCUT2D eigenvalue weighted by atomic mass is 9.98. The maximum absolute atomic E-state index is 13.7. The molecule has 134 valence electrons. The molecule has 1 spiro atoms. The van der Waals surface area contributed by atoms with Crippen molar-refractivity contribution in [2.24, 2.45) is 0 Å². The Labute approximate surface area is 149 Å². The molecule has 0 aromatic heterocycles. The highest BCUT2D eigenvalue weighted by Gasteiger charge is 2.51. The zero-order valence-electron chi connectivity index (χ0n) is 13.6. The lowest BCUT2D eigenvalue weighted by molar-refractivity contribution is -0.131. The molecule has 0 bridgehead atoms. The van der Waals surface area contributed by atoms with Crippen molar-refractivity contribution in [2.75, 3.05) is 11.9 Å². The summed E-state index contributed by atoms with van der Waals surface area (Å²) in [4.78, 5) is 37.6. The second kappa shape index (κ2) is 7.00. The van der Waals surface area contributed by atoms with Gasteiger partial charge in [0.15, 0.2) is 5.82 Å². The van der Waals surface area contributed by atoms with E-state index < -0.39 is 23.3 Å². The number of halogens is 2. The van der Waals surface area contributed by atoms with E-state index in [4.69, 9.17) is 11.6 Å². The Kier molecular flexibility index (Phi) is 4.94. The second-order valence-electron chi connectivity index (χ2n) is 6.43. The molecule has 1 aromatic carbocycles. The van der Waals surface area contributed by atoms with E-state index in [9.17, 15) is 18.8 Å². The number of carbonyl (C=O) groups is 3. The summed E-state index contributed by atoms with van der Waals surface area (Å²) >= 11 is 5.66. The summed E-state index contributed by atoms with van der Waals surface area (Å²) < 4.78 is 13.7. The number of benzene rings is 1. The molecule has 1 aliphatic heterocycles. The molecular weight excluding hydrogens is 349 g/mol. The molecule has 2 aliphatic rings. The first-order valence-electron chi connectivity index (χ1n) is 8.31. The standard InChI is InChI=1S/C17H19ClFN3O3/c18-11-5-3-6-12(14(11)19)20-13(23)7-4-10-22-15(24)17(21-16(22)25)8-1-2-9-17/h3,5-6H,1-2,4,7-10H2,(H,20,23)(H,21,25). The summed E-state index contributed by atoms with van der Waals surface area (Å²) in [6.45, 7) is 0.165. The van der Waals surface area contributed by atoms with Crippen LogP contribution in [0.2, 0.25) is 5.02 Å². The van der Waals surface area contributed by atoms with E-state index in [-0.39, 0.29) is 29.6 Å². The third kappa shape index (κ3) is 3.46. The average Bonchev–Trinajstić information content (AvgIpc) is 3.12. The second-order valence-corrected chi connectivity index (χ2v) is 6.84. The van der Waals surface area contributed by atoms with E-state index >= 15 is 0 Å². The monoisotopic (exact) mass is 367 g/mol. The van der Waals surface area contributed by atoms with Gasteiger partial charge in [-0.15, -0.1) is 0 Å². The number of carbonyl (C=O) groups excluding carboxylic acids is 3. The molecule has 8 heteroatoms. The zero-order valence-corrected chi connectivity index (χ0v) is 14.4.